The van der Waals surface area contributed by atoms with E-state index in [1.54, 1.807) is 17.3 Å². The number of carbonyl (C=O) groups excluding carboxylic acids is 1. The van der Waals surface area contributed by atoms with Gasteiger partial charge in [0.1, 0.15) is 5.71 Å². The van der Waals surface area contributed by atoms with Crippen LogP contribution < -0.4 is 5.01 Å². The van der Waals surface area contributed by atoms with Gasteiger partial charge >= 0.3 is 0 Å². The highest BCUT2D eigenvalue weighted by Crippen LogP contribution is 2.35. The number of nitriles is 1. The zero-order valence-electron chi connectivity index (χ0n) is 17.1. The van der Waals surface area contributed by atoms with E-state index >= 15 is 0 Å². The van der Waals surface area contributed by atoms with Crippen LogP contribution >= 0.6 is 0 Å². The molecule has 6 heteroatoms. The fourth-order valence-corrected chi connectivity index (χ4v) is 3.72. The van der Waals surface area contributed by atoms with E-state index in [1.807, 2.05) is 65.7 Å². The van der Waals surface area contributed by atoms with Crippen LogP contribution in [-0.2, 0) is 11.3 Å². The molecule has 0 saturated carbocycles. The minimum Gasteiger partial charge on any atom is -0.332 e. The molecule has 1 amide bonds. The molecule has 6 nitrogen and oxygen atoms in total. The quantitative estimate of drug-likeness (QED) is 0.582. The predicted molar refractivity (Wildman–Crippen MR) is 120 cm³/mol. The lowest BCUT2D eigenvalue weighted by atomic mass is 10.0. The van der Waals surface area contributed by atoms with Crippen molar-refractivity contribution in [3.8, 4) is 6.07 Å². The summed E-state index contributed by atoms with van der Waals surface area (Å²) >= 11 is 0. The molecule has 0 N–H and O–H groups in total. The lowest BCUT2D eigenvalue weighted by Crippen LogP contribution is -2.36. The van der Waals surface area contributed by atoms with Crippen LogP contribution in [0.4, 0.5) is 5.69 Å². The Hall–Kier alpha value is -3.98. The van der Waals surface area contributed by atoms with Gasteiger partial charge in [-0.05, 0) is 29.3 Å². The minimum absolute atomic E-state index is 0.0567. The van der Waals surface area contributed by atoms with Crippen molar-refractivity contribution in [1.29, 1.82) is 5.26 Å². The number of rotatable bonds is 7. The number of hydrogen-bond acceptors (Lipinski definition) is 5. The van der Waals surface area contributed by atoms with Crippen molar-refractivity contribution < 1.29 is 4.79 Å². The van der Waals surface area contributed by atoms with Crippen molar-refractivity contribution in [3.63, 3.8) is 0 Å². The normalized spacial score (nSPS) is 15.3. The van der Waals surface area contributed by atoms with Gasteiger partial charge in [-0.2, -0.15) is 10.4 Å². The van der Waals surface area contributed by atoms with E-state index in [1.165, 1.54) is 0 Å². The predicted octanol–water partition coefficient (Wildman–Crippen LogP) is 4.33. The fraction of sp³-hybridized carbons (Fsp3) is 0.200. The highest BCUT2D eigenvalue weighted by atomic mass is 16.2. The second-order valence-corrected chi connectivity index (χ2v) is 7.35. The average molecular weight is 409 g/mol. The van der Waals surface area contributed by atoms with Gasteiger partial charge < -0.3 is 4.90 Å². The van der Waals surface area contributed by atoms with Crippen LogP contribution in [0.1, 0.15) is 30.0 Å². The SMILES string of the molecule is N#CCCN(Cc1cccnc1)C(=O)C1=NN(c2ccccc2)C(c2ccccc2)C1. The van der Waals surface area contributed by atoms with E-state index in [4.69, 9.17) is 10.4 Å². The summed E-state index contributed by atoms with van der Waals surface area (Å²) in [4.78, 5) is 19.3. The molecule has 0 saturated heterocycles. The first-order valence-corrected chi connectivity index (χ1v) is 10.3. The van der Waals surface area contributed by atoms with Gasteiger partial charge in [0.2, 0.25) is 0 Å². The summed E-state index contributed by atoms with van der Waals surface area (Å²) < 4.78 is 0. The highest BCUT2D eigenvalue weighted by molar-refractivity contribution is 6.39. The van der Waals surface area contributed by atoms with Crippen molar-refractivity contribution in [2.45, 2.75) is 25.4 Å². The number of carbonyl (C=O) groups is 1. The van der Waals surface area contributed by atoms with Crippen LogP contribution in [0.15, 0.2) is 90.3 Å². The average Bonchev–Trinajstić information content (AvgIpc) is 3.29. The molecule has 1 aromatic heterocycles. The Bertz CT molecular complexity index is 1080. The van der Waals surface area contributed by atoms with Crippen LogP contribution in [0.25, 0.3) is 0 Å². The number of pyridine rings is 1. The third kappa shape index (κ3) is 4.78. The molecule has 1 unspecified atom stereocenters. The molecule has 3 aromatic rings. The molecule has 4 rings (SSSR count). The van der Waals surface area contributed by atoms with Gasteiger partial charge in [0.25, 0.3) is 5.91 Å². The first-order chi connectivity index (χ1) is 15.3. The molecule has 154 valence electrons. The van der Waals surface area contributed by atoms with Gasteiger partial charge in [0, 0.05) is 31.9 Å². The number of anilines is 1. The maximum absolute atomic E-state index is 13.4. The van der Waals surface area contributed by atoms with E-state index < -0.39 is 0 Å². The first kappa shape index (κ1) is 20.3. The zero-order chi connectivity index (χ0) is 21.5. The van der Waals surface area contributed by atoms with Gasteiger partial charge in [-0.1, -0.05) is 54.6 Å². The summed E-state index contributed by atoms with van der Waals surface area (Å²) in [7, 11) is 0. The Balaban J connectivity index is 1.63. The molecule has 1 atom stereocenters. The van der Waals surface area contributed by atoms with Gasteiger partial charge in [0.05, 0.1) is 24.2 Å². The van der Waals surface area contributed by atoms with Crippen LogP contribution in [0.3, 0.4) is 0 Å². The third-order valence-electron chi connectivity index (χ3n) is 5.24. The van der Waals surface area contributed by atoms with E-state index in [0.717, 1.165) is 16.8 Å². The number of hydrogen-bond donors (Lipinski definition) is 0. The molecule has 0 fully saturated rings. The standard InChI is InChI=1S/C25H23N5O/c26-14-8-16-29(19-20-9-7-15-27-18-20)25(31)23-17-24(21-10-3-1-4-11-21)30(28-23)22-12-5-2-6-13-22/h1-7,9-13,15,18,24H,8,16-17,19H2. The van der Waals surface area contributed by atoms with Crippen molar-refractivity contribution in [1.82, 2.24) is 9.88 Å². The van der Waals surface area contributed by atoms with Gasteiger partial charge in [0.15, 0.2) is 0 Å². The lowest BCUT2D eigenvalue weighted by molar-refractivity contribution is -0.124. The molecule has 0 spiro atoms. The highest BCUT2D eigenvalue weighted by Gasteiger charge is 2.34. The molecule has 1 aliphatic heterocycles. The number of amides is 1. The number of para-hydroxylation sites is 1. The number of nitrogens with zero attached hydrogens (tertiary/aromatic N) is 5. The monoisotopic (exact) mass is 409 g/mol. The molecule has 2 heterocycles. The second-order valence-electron chi connectivity index (χ2n) is 7.35. The Morgan fingerprint density at radius 2 is 1.81 bits per heavy atom. The van der Waals surface area contributed by atoms with Gasteiger partial charge in [-0.15, -0.1) is 0 Å². The lowest BCUT2D eigenvalue weighted by Gasteiger charge is -2.23. The maximum Gasteiger partial charge on any atom is 0.270 e. The van der Waals surface area contributed by atoms with Gasteiger partial charge in [-0.3, -0.25) is 14.8 Å². The molecule has 31 heavy (non-hydrogen) atoms. The van der Waals surface area contributed by atoms with Crippen LogP contribution in [0.5, 0.6) is 0 Å². The van der Waals surface area contributed by atoms with Crippen LogP contribution in [-0.4, -0.2) is 28.0 Å². The van der Waals surface area contributed by atoms with E-state index in [0.29, 0.717) is 25.2 Å². The third-order valence-corrected chi connectivity index (χ3v) is 5.24. The molecular weight excluding hydrogens is 386 g/mol. The van der Waals surface area contributed by atoms with E-state index in [2.05, 4.69) is 23.2 Å². The summed E-state index contributed by atoms with van der Waals surface area (Å²) in [5, 5.41) is 15.7. The number of aromatic nitrogens is 1. The Morgan fingerprint density at radius 1 is 1.06 bits per heavy atom. The Labute approximate surface area is 182 Å². The molecule has 0 radical (unpaired) electrons. The van der Waals surface area contributed by atoms with E-state index in [-0.39, 0.29) is 18.4 Å². The van der Waals surface area contributed by atoms with Crippen molar-refractivity contribution in [2.75, 3.05) is 11.6 Å². The van der Waals surface area contributed by atoms with Crippen molar-refractivity contribution >= 4 is 17.3 Å². The summed E-state index contributed by atoms with van der Waals surface area (Å²) in [5.41, 5.74) is 3.47. The first-order valence-electron chi connectivity index (χ1n) is 10.3. The minimum atomic E-state index is -0.140. The van der Waals surface area contributed by atoms with Gasteiger partial charge in [-0.25, -0.2) is 0 Å². The summed E-state index contributed by atoms with van der Waals surface area (Å²) in [5.74, 6) is -0.140. The van der Waals surface area contributed by atoms with Crippen molar-refractivity contribution in [2.24, 2.45) is 5.10 Å². The molecule has 1 aliphatic rings. The molecule has 2 aromatic carbocycles. The van der Waals surface area contributed by atoms with Crippen molar-refractivity contribution in [3.05, 3.63) is 96.3 Å². The molecular formula is C25H23N5O. The second kappa shape index (κ2) is 9.68. The zero-order valence-corrected chi connectivity index (χ0v) is 17.1. The summed E-state index contributed by atoms with van der Waals surface area (Å²) in [6.07, 6.45) is 4.22. The summed E-state index contributed by atoms with van der Waals surface area (Å²) in [6, 6.07) is 25.9. The maximum atomic E-state index is 13.4. The molecule has 0 bridgehead atoms. The summed E-state index contributed by atoms with van der Waals surface area (Å²) in [6.45, 7) is 0.749. The van der Waals surface area contributed by atoms with Crippen LogP contribution in [0.2, 0.25) is 0 Å². The number of hydrazone groups is 1. The van der Waals surface area contributed by atoms with E-state index in [9.17, 15) is 4.79 Å². The number of benzene rings is 2. The Morgan fingerprint density at radius 3 is 2.48 bits per heavy atom. The fourth-order valence-electron chi connectivity index (χ4n) is 3.72. The smallest absolute Gasteiger partial charge is 0.270 e. The molecule has 0 aliphatic carbocycles. The van der Waals surface area contributed by atoms with Crippen LogP contribution in [0, 0.1) is 11.3 Å². The largest absolute Gasteiger partial charge is 0.332 e. The topological polar surface area (TPSA) is 72.6 Å². The Kier molecular flexibility index (Phi) is 6.34.